The fraction of sp³-hybridized carbons (Fsp3) is 1.00. The quantitative estimate of drug-likeness (QED) is 0.0823. The van der Waals surface area contributed by atoms with Gasteiger partial charge in [0.1, 0.15) is 0 Å². The van der Waals surface area contributed by atoms with E-state index in [1.54, 1.807) is 0 Å². The van der Waals surface area contributed by atoms with E-state index in [-0.39, 0.29) is 17.0 Å². The highest BCUT2D eigenvalue weighted by Crippen LogP contribution is 2.20. The highest BCUT2D eigenvalue weighted by molar-refractivity contribution is 4.54. The third-order valence-electron chi connectivity index (χ3n) is 7.44. The first kappa shape index (κ1) is 34.6. The second kappa shape index (κ2) is 27.7. The molecule has 0 aromatic rings. The maximum absolute atomic E-state index is 2.35. The third kappa shape index (κ3) is 22.2. The molecule has 0 aliphatic heterocycles. The normalized spacial score (nSPS) is 11.6. The summed E-state index contributed by atoms with van der Waals surface area (Å²) in [6.45, 7) is 15.2. The fourth-order valence-corrected chi connectivity index (χ4v) is 5.23. The van der Waals surface area contributed by atoms with Gasteiger partial charge in [-0.1, -0.05) is 118 Å². The molecular formula is C30H64BrN. The van der Waals surface area contributed by atoms with Crippen molar-refractivity contribution in [3.8, 4) is 0 Å². The van der Waals surface area contributed by atoms with E-state index in [4.69, 9.17) is 0 Å². The van der Waals surface area contributed by atoms with E-state index in [1.807, 2.05) is 0 Å². The summed E-state index contributed by atoms with van der Waals surface area (Å²) in [4.78, 5) is 0. The van der Waals surface area contributed by atoms with E-state index in [2.05, 4.69) is 27.7 Å². The van der Waals surface area contributed by atoms with Gasteiger partial charge < -0.3 is 21.5 Å². The van der Waals surface area contributed by atoms with Gasteiger partial charge in [0.15, 0.2) is 0 Å². The van der Waals surface area contributed by atoms with Crippen LogP contribution in [0.15, 0.2) is 0 Å². The van der Waals surface area contributed by atoms with Crippen molar-refractivity contribution < 1.29 is 21.5 Å². The van der Waals surface area contributed by atoms with Crippen LogP contribution in [0.1, 0.15) is 169 Å². The van der Waals surface area contributed by atoms with Gasteiger partial charge in [0.2, 0.25) is 0 Å². The predicted octanol–water partition coefficient (Wildman–Crippen LogP) is 7.47. The molecule has 0 atom stereocenters. The van der Waals surface area contributed by atoms with E-state index in [1.165, 1.54) is 172 Å². The van der Waals surface area contributed by atoms with Gasteiger partial charge in [-0.05, 0) is 51.4 Å². The topological polar surface area (TPSA) is 0 Å². The molecule has 0 radical (unpaired) electrons. The lowest BCUT2D eigenvalue weighted by Gasteiger charge is -2.39. The van der Waals surface area contributed by atoms with Crippen molar-refractivity contribution in [3.05, 3.63) is 0 Å². The van der Waals surface area contributed by atoms with E-state index >= 15 is 0 Å². The summed E-state index contributed by atoms with van der Waals surface area (Å²) in [7, 11) is 0. The number of nitrogens with zero attached hydrogens (tertiary/aromatic N) is 1. The molecule has 1 nitrogen and oxygen atoms in total. The molecule has 0 aromatic heterocycles. The number of hydrogen-bond acceptors (Lipinski definition) is 0. The Kier molecular flexibility index (Phi) is 29.9. The van der Waals surface area contributed by atoms with Crippen LogP contribution in [0.25, 0.3) is 0 Å². The first-order valence-corrected chi connectivity index (χ1v) is 15.1. The zero-order valence-electron chi connectivity index (χ0n) is 23.2. The Labute approximate surface area is 216 Å². The average molecular weight is 519 g/mol. The monoisotopic (exact) mass is 517 g/mol. The van der Waals surface area contributed by atoms with Crippen LogP contribution < -0.4 is 17.0 Å². The largest absolute Gasteiger partial charge is 1.00 e. The number of unbranched alkanes of at least 4 members (excludes halogenated alkanes) is 18. The van der Waals surface area contributed by atoms with Crippen molar-refractivity contribution in [2.45, 2.75) is 169 Å². The lowest BCUT2D eigenvalue weighted by Crippen LogP contribution is -3.00. The molecule has 0 N–H and O–H groups in total. The summed E-state index contributed by atoms with van der Waals surface area (Å²) >= 11 is 0. The predicted molar refractivity (Wildman–Crippen MR) is 144 cm³/mol. The summed E-state index contributed by atoms with van der Waals surface area (Å²) in [5.74, 6) is 0. The molecule has 0 aromatic carbocycles. The molecule has 0 aliphatic rings. The highest BCUT2D eigenvalue weighted by atomic mass is 79.9. The van der Waals surface area contributed by atoms with Gasteiger partial charge in [0.05, 0.1) is 26.2 Å². The van der Waals surface area contributed by atoms with Crippen LogP contribution in [0.2, 0.25) is 0 Å². The Morgan fingerprint density at radius 3 is 0.719 bits per heavy atom. The van der Waals surface area contributed by atoms with Crippen molar-refractivity contribution >= 4 is 0 Å². The minimum absolute atomic E-state index is 0. The highest BCUT2D eigenvalue weighted by Gasteiger charge is 2.25. The molecular weight excluding hydrogens is 454 g/mol. The molecule has 0 bridgehead atoms. The Hall–Kier alpha value is 0.440. The summed E-state index contributed by atoms with van der Waals surface area (Å²) in [6, 6.07) is 0. The minimum Gasteiger partial charge on any atom is -1.00 e. The number of hydrogen-bond donors (Lipinski definition) is 0. The summed E-state index contributed by atoms with van der Waals surface area (Å²) in [6.07, 6.45) is 31.8. The first-order chi connectivity index (χ1) is 15.2. The standard InChI is InChI=1S/C30H64N.BrH/c1-5-9-13-17-20-24-28-31(27-23-16-12-8-4,29-25-21-18-14-10-6-2)30-26-22-19-15-11-7-3;/h5-30H2,1-4H3;1H/q+1;/p-1. The van der Waals surface area contributed by atoms with Crippen molar-refractivity contribution in [1.82, 2.24) is 0 Å². The fourth-order valence-electron chi connectivity index (χ4n) is 5.23. The zero-order valence-corrected chi connectivity index (χ0v) is 24.8. The molecule has 0 saturated heterocycles. The lowest BCUT2D eigenvalue weighted by atomic mass is 10.0. The maximum atomic E-state index is 2.35. The van der Waals surface area contributed by atoms with Gasteiger partial charge in [0, 0.05) is 0 Å². The van der Waals surface area contributed by atoms with Gasteiger partial charge >= 0.3 is 0 Å². The van der Waals surface area contributed by atoms with Crippen molar-refractivity contribution in [2.24, 2.45) is 0 Å². The molecule has 0 saturated carbocycles. The molecule has 0 fully saturated rings. The third-order valence-corrected chi connectivity index (χ3v) is 7.44. The van der Waals surface area contributed by atoms with Crippen LogP contribution in [-0.2, 0) is 0 Å². The van der Waals surface area contributed by atoms with Gasteiger partial charge in [-0.3, -0.25) is 0 Å². The Bertz CT molecular complexity index is 290. The van der Waals surface area contributed by atoms with Crippen molar-refractivity contribution in [2.75, 3.05) is 26.2 Å². The second-order valence-electron chi connectivity index (χ2n) is 10.6. The Morgan fingerprint density at radius 2 is 0.469 bits per heavy atom. The molecule has 32 heavy (non-hydrogen) atoms. The number of quaternary nitrogens is 1. The van der Waals surface area contributed by atoms with Gasteiger partial charge in [-0.15, -0.1) is 0 Å². The second-order valence-corrected chi connectivity index (χ2v) is 10.6. The van der Waals surface area contributed by atoms with E-state index in [9.17, 15) is 0 Å². The Morgan fingerprint density at radius 1 is 0.281 bits per heavy atom. The van der Waals surface area contributed by atoms with Crippen LogP contribution >= 0.6 is 0 Å². The van der Waals surface area contributed by atoms with Gasteiger partial charge in [-0.25, -0.2) is 0 Å². The van der Waals surface area contributed by atoms with E-state index < -0.39 is 0 Å². The van der Waals surface area contributed by atoms with Gasteiger partial charge in [0.25, 0.3) is 0 Å². The molecule has 0 heterocycles. The smallest absolute Gasteiger partial charge is 0.0786 e. The van der Waals surface area contributed by atoms with Crippen LogP contribution in [-0.4, -0.2) is 30.7 Å². The average Bonchev–Trinajstić information content (AvgIpc) is 2.78. The molecule has 0 spiro atoms. The summed E-state index contributed by atoms with van der Waals surface area (Å²) in [5.41, 5.74) is 0. The van der Waals surface area contributed by atoms with E-state index in [0.29, 0.717) is 0 Å². The van der Waals surface area contributed by atoms with E-state index in [0.717, 1.165) is 0 Å². The van der Waals surface area contributed by atoms with Crippen molar-refractivity contribution in [3.63, 3.8) is 0 Å². The van der Waals surface area contributed by atoms with Crippen LogP contribution in [0.3, 0.4) is 0 Å². The maximum Gasteiger partial charge on any atom is 0.0786 e. The molecule has 2 heteroatoms. The number of halogens is 1. The van der Waals surface area contributed by atoms with Crippen LogP contribution in [0, 0.1) is 0 Å². The first-order valence-electron chi connectivity index (χ1n) is 15.1. The summed E-state index contributed by atoms with van der Waals surface area (Å²) in [5, 5.41) is 0. The van der Waals surface area contributed by atoms with Crippen LogP contribution in [0.5, 0.6) is 0 Å². The molecule has 0 unspecified atom stereocenters. The summed E-state index contributed by atoms with van der Waals surface area (Å²) < 4.78 is 1.47. The molecule has 0 aliphatic carbocycles. The zero-order chi connectivity index (χ0) is 22.9. The Balaban J connectivity index is 0. The van der Waals surface area contributed by atoms with Crippen LogP contribution in [0.4, 0.5) is 0 Å². The minimum atomic E-state index is 0. The number of rotatable bonds is 26. The molecule has 0 rings (SSSR count). The van der Waals surface area contributed by atoms with Gasteiger partial charge in [-0.2, -0.15) is 0 Å². The van der Waals surface area contributed by atoms with Crippen molar-refractivity contribution in [1.29, 1.82) is 0 Å². The lowest BCUT2D eigenvalue weighted by molar-refractivity contribution is -0.929. The SMILES string of the molecule is CCCCCCCC[N+](CCCCCC)(CCCCCCCC)CCCCCCCC.[Br-]. The molecule has 0 amide bonds. The molecule has 196 valence electrons.